The molecule has 3 aromatic rings. The summed E-state index contributed by atoms with van der Waals surface area (Å²) in [6, 6.07) is 20.5. The van der Waals surface area contributed by atoms with Gasteiger partial charge in [-0.2, -0.15) is 0 Å². The van der Waals surface area contributed by atoms with Crippen LogP contribution in [0.25, 0.3) is 17.2 Å². The third-order valence-electron chi connectivity index (χ3n) is 6.64. The molecule has 0 N–H and O–H groups in total. The molecule has 0 radical (unpaired) electrons. The largest absolute Gasteiger partial charge is 0.462 e. The summed E-state index contributed by atoms with van der Waals surface area (Å²) < 4.78 is 21.1. The number of esters is 4. The Balaban J connectivity index is 1.24. The third-order valence-corrected chi connectivity index (χ3v) is 6.64. The zero-order chi connectivity index (χ0) is 30.6. The quantitative estimate of drug-likeness (QED) is 0.139. The Morgan fingerprint density at radius 1 is 0.698 bits per heavy atom. The lowest BCUT2D eigenvalue weighted by Gasteiger charge is -2.21. The van der Waals surface area contributed by atoms with Gasteiger partial charge in [-0.1, -0.05) is 56.0 Å². The Kier molecular flexibility index (Phi) is 10.8. The number of hydrogen-bond acceptors (Lipinski definition) is 8. The van der Waals surface area contributed by atoms with E-state index in [0.717, 1.165) is 54.9 Å². The van der Waals surface area contributed by atoms with Crippen molar-refractivity contribution >= 4 is 30.0 Å². The molecule has 8 nitrogen and oxygen atoms in total. The predicted molar refractivity (Wildman–Crippen MR) is 161 cm³/mol. The molecule has 1 fully saturated rings. The Hall–Kier alpha value is -5.24. The van der Waals surface area contributed by atoms with Crippen molar-refractivity contribution in [2.24, 2.45) is 0 Å². The smallest absolute Gasteiger partial charge is 0.339 e. The highest BCUT2D eigenvalue weighted by Gasteiger charge is 2.20. The van der Waals surface area contributed by atoms with E-state index in [1.165, 1.54) is 30.3 Å². The molecule has 0 unspecified atom stereocenters. The van der Waals surface area contributed by atoms with Crippen molar-refractivity contribution < 1.29 is 38.1 Å². The monoisotopic (exact) mass is 580 g/mol. The minimum absolute atomic E-state index is 0.0434. The fourth-order valence-electron chi connectivity index (χ4n) is 4.39. The molecule has 43 heavy (non-hydrogen) atoms. The van der Waals surface area contributed by atoms with Crippen molar-refractivity contribution in [1.29, 1.82) is 0 Å². The Bertz CT molecular complexity index is 1490. The van der Waals surface area contributed by atoms with E-state index in [2.05, 4.69) is 13.2 Å². The summed E-state index contributed by atoms with van der Waals surface area (Å²) in [4.78, 5) is 48.0. The van der Waals surface area contributed by atoms with Gasteiger partial charge in [0.05, 0.1) is 6.42 Å². The summed E-state index contributed by atoms with van der Waals surface area (Å²) in [7, 11) is 0. The van der Waals surface area contributed by atoms with Crippen LogP contribution in [-0.4, -0.2) is 30.0 Å². The zero-order valence-electron chi connectivity index (χ0n) is 23.7. The highest BCUT2D eigenvalue weighted by molar-refractivity contribution is 5.94. The summed E-state index contributed by atoms with van der Waals surface area (Å²) >= 11 is 0. The number of hydrogen-bond donors (Lipinski definition) is 0. The van der Waals surface area contributed by atoms with Gasteiger partial charge in [0.15, 0.2) is 0 Å². The van der Waals surface area contributed by atoms with Crippen LogP contribution in [-0.2, 0) is 23.9 Å². The van der Waals surface area contributed by atoms with Crippen molar-refractivity contribution in [2.45, 2.75) is 44.6 Å². The fraction of sp³-hybridized carbons (Fsp3) is 0.200. The van der Waals surface area contributed by atoms with E-state index in [1.54, 1.807) is 18.2 Å². The first kappa shape index (κ1) is 30.7. The molecule has 0 heterocycles. The van der Waals surface area contributed by atoms with Gasteiger partial charge < -0.3 is 18.9 Å². The minimum atomic E-state index is -0.672. The van der Waals surface area contributed by atoms with Gasteiger partial charge in [-0.05, 0) is 84.8 Å². The van der Waals surface area contributed by atoms with Crippen LogP contribution < -0.4 is 14.2 Å². The molecule has 0 saturated heterocycles. The van der Waals surface area contributed by atoms with Gasteiger partial charge in [0.1, 0.15) is 23.4 Å². The van der Waals surface area contributed by atoms with E-state index in [1.807, 2.05) is 36.4 Å². The van der Waals surface area contributed by atoms with Gasteiger partial charge in [0, 0.05) is 17.7 Å². The molecule has 0 bridgehead atoms. The third kappa shape index (κ3) is 9.67. The van der Waals surface area contributed by atoms with Gasteiger partial charge in [0.25, 0.3) is 0 Å². The van der Waals surface area contributed by atoms with Gasteiger partial charge in [-0.25, -0.2) is 14.4 Å². The van der Waals surface area contributed by atoms with Crippen molar-refractivity contribution in [2.75, 3.05) is 0 Å². The topological polar surface area (TPSA) is 105 Å². The van der Waals surface area contributed by atoms with Crippen molar-refractivity contribution in [3.05, 3.63) is 109 Å². The van der Waals surface area contributed by atoms with Crippen LogP contribution in [0.3, 0.4) is 0 Å². The number of carbonyl (C=O) groups excluding carboxylic acids is 4. The van der Waals surface area contributed by atoms with Gasteiger partial charge in [-0.3, -0.25) is 4.79 Å². The molecule has 0 spiro atoms. The van der Waals surface area contributed by atoms with Crippen LogP contribution in [0.4, 0.5) is 0 Å². The fourth-order valence-corrected chi connectivity index (χ4v) is 4.39. The first-order chi connectivity index (χ1) is 20.8. The number of rotatable bonds is 11. The van der Waals surface area contributed by atoms with Gasteiger partial charge >= 0.3 is 23.9 Å². The number of ether oxygens (including phenoxy) is 4. The Morgan fingerprint density at radius 3 is 1.79 bits per heavy atom. The van der Waals surface area contributed by atoms with Crippen LogP contribution in [0.5, 0.6) is 17.2 Å². The average Bonchev–Trinajstić information content (AvgIpc) is 3.02. The highest BCUT2D eigenvalue weighted by Crippen LogP contribution is 2.25. The summed E-state index contributed by atoms with van der Waals surface area (Å²) in [5.41, 5.74) is 2.65. The zero-order valence-corrected chi connectivity index (χ0v) is 23.7. The van der Waals surface area contributed by atoms with E-state index in [4.69, 9.17) is 18.9 Å². The summed E-state index contributed by atoms with van der Waals surface area (Å²) in [5, 5.41) is 0. The van der Waals surface area contributed by atoms with E-state index in [-0.39, 0.29) is 18.1 Å². The minimum Gasteiger partial charge on any atom is -0.462 e. The van der Waals surface area contributed by atoms with Gasteiger partial charge in [-0.15, -0.1) is 0 Å². The molecule has 3 aromatic carbocycles. The van der Waals surface area contributed by atoms with E-state index in [0.29, 0.717) is 17.2 Å². The SMILES string of the molecule is C=CC(=O)Oc1ccc(OC(=O)/C=C/c2ccc(-c3ccc(OC(=O)C(=C)CC(=O)OC4CCCCC4)cc3)cc2)cc1. The molecular weight excluding hydrogens is 548 g/mol. The molecule has 220 valence electrons. The lowest BCUT2D eigenvalue weighted by atomic mass is 9.98. The van der Waals surface area contributed by atoms with Crippen LogP contribution in [0.1, 0.15) is 44.1 Å². The standard InChI is InChI=1S/C35H32O8/c1-3-32(36)40-29-18-20-30(21-19-29)41-33(37)22-11-25-9-12-26(13-10-25)27-14-16-31(17-15-27)43-35(39)24(2)23-34(38)42-28-7-5-4-6-8-28/h3,9-22,28H,1-2,4-8,23H2/b22-11+. The highest BCUT2D eigenvalue weighted by atomic mass is 16.6. The predicted octanol–water partition coefficient (Wildman–Crippen LogP) is 6.79. The molecule has 0 aromatic heterocycles. The van der Waals surface area contributed by atoms with Crippen molar-refractivity contribution in [3.63, 3.8) is 0 Å². The first-order valence-corrected chi connectivity index (χ1v) is 13.9. The maximum Gasteiger partial charge on any atom is 0.339 e. The molecule has 1 saturated carbocycles. The van der Waals surface area contributed by atoms with E-state index >= 15 is 0 Å². The Morgan fingerprint density at radius 2 is 1.21 bits per heavy atom. The summed E-state index contributed by atoms with van der Waals surface area (Å²) in [5.74, 6) is -1.32. The van der Waals surface area contributed by atoms with Crippen LogP contribution in [0.15, 0.2) is 104 Å². The molecule has 0 aliphatic heterocycles. The maximum absolute atomic E-state index is 12.4. The second-order valence-corrected chi connectivity index (χ2v) is 9.92. The van der Waals surface area contributed by atoms with E-state index < -0.39 is 23.9 Å². The van der Waals surface area contributed by atoms with Crippen molar-refractivity contribution in [3.8, 4) is 28.4 Å². The molecule has 0 amide bonds. The molecular formula is C35H32O8. The molecule has 1 aliphatic rings. The average molecular weight is 581 g/mol. The number of carbonyl (C=O) groups is 4. The normalized spacial score (nSPS) is 13.1. The second-order valence-electron chi connectivity index (χ2n) is 9.92. The maximum atomic E-state index is 12.4. The second kappa shape index (κ2) is 15.1. The molecule has 4 rings (SSSR count). The lowest BCUT2D eigenvalue weighted by molar-refractivity contribution is -0.150. The first-order valence-electron chi connectivity index (χ1n) is 13.9. The number of benzene rings is 3. The molecule has 0 atom stereocenters. The summed E-state index contributed by atoms with van der Waals surface area (Å²) in [6.45, 7) is 7.03. The van der Waals surface area contributed by atoms with Crippen LogP contribution in [0, 0.1) is 0 Å². The van der Waals surface area contributed by atoms with Crippen LogP contribution in [0.2, 0.25) is 0 Å². The van der Waals surface area contributed by atoms with Crippen molar-refractivity contribution in [1.82, 2.24) is 0 Å². The Labute approximate surface area is 250 Å². The lowest BCUT2D eigenvalue weighted by Crippen LogP contribution is -2.22. The summed E-state index contributed by atoms with van der Waals surface area (Å²) in [6.07, 6.45) is 8.70. The molecule has 1 aliphatic carbocycles. The van der Waals surface area contributed by atoms with Crippen LogP contribution >= 0.6 is 0 Å². The van der Waals surface area contributed by atoms with Gasteiger partial charge in [0.2, 0.25) is 0 Å². The van der Waals surface area contributed by atoms with E-state index in [9.17, 15) is 19.2 Å². The molecule has 8 heteroatoms.